The van der Waals surface area contributed by atoms with Gasteiger partial charge in [0.15, 0.2) is 0 Å². The molecule has 172 valence electrons. The van der Waals surface area contributed by atoms with E-state index in [9.17, 15) is 18.0 Å². The fraction of sp³-hybridized carbons (Fsp3) is 0.550. The number of sulfonamides is 1. The summed E-state index contributed by atoms with van der Waals surface area (Å²) in [6, 6.07) is 4.49. The van der Waals surface area contributed by atoms with E-state index in [-0.39, 0.29) is 17.3 Å². The molecule has 10 nitrogen and oxygen atoms in total. The maximum atomic E-state index is 13.0. The van der Waals surface area contributed by atoms with Crippen LogP contribution in [0, 0.1) is 0 Å². The number of nitrogens with one attached hydrogen (secondary N) is 1. The largest absolute Gasteiger partial charge is 0.379 e. The standard InChI is InChI=1S/C20H25N5O5S2/c1-2-24-16-4-3-14(32(28,29)23-6-8-30-9-7-23)11-15(16)21-17(24)12-25-18(26)20(22-19(25)27)5-10-31-13-20/h3-4,11H,2,5-10,12-13H2,1H3,(H,22,27). The van der Waals surface area contributed by atoms with Gasteiger partial charge < -0.3 is 14.6 Å². The third-order valence-electron chi connectivity index (χ3n) is 6.29. The number of imide groups is 1. The van der Waals surface area contributed by atoms with Crippen molar-refractivity contribution in [1.82, 2.24) is 24.1 Å². The fourth-order valence-corrected chi connectivity index (χ4v) is 7.28. The van der Waals surface area contributed by atoms with Crippen LogP contribution in [-0.2, 0) is 32.6 Å². The number of carbonyl (C=O) groups is 2. The van der Waals surface area contributed by atoms with Crippen molar-refractivity contribution >= 4 is 44.8 Å². The molecule has 5 rings (SSSR count). The first-order valence-corrected chi connectivity index (χ1v) is 13.2. The van der Waals surface area contributed by atoms with Crippen LogP contribution in [0.15, 0.2) is 23.1 Å². The number of aryl methyl sites for hydroxylation is 1. The van der Waals surface area contributed by atoms with Gasteiger partial charge in [0.25, 0.3) is 5.91 Å². The second-order valence-electron chi connectivity index (χ2n) is 8.15. The molecule has 12 heteroatoms. The molecule has 1 unspecified atom stereocenters. The summed E-state index contributed by atoms with van der Waals surface area (Å²) in [6.07, 6.45) is 0.631. The van der Waals surface area contributed by atoms with Gasteiger partial charge in [0, 0.05) is 25.4 Å². The molecule has 1 spiro atoms. The van der Waals surface area contributed by atoms with Crippen molar-refractivity contribution in [2.45, 2.75) is 36.9 Å². The highest BCUT2D eigenvalue weighted by atomic mass is 32.2. The first kappa shape index (κ1) is 21.7. The minimum Gasteiger partial charge on any atom is -0.379 e. The molecule has 3 aliphatic rings. The molecule has 3 aliphatic heterocycles. The van der Waals surface area contributed by atoms with Gasteiger partial charge in [-0.3, -0.25) is 9.69 Å². The van der Waals surface area contributed by atoms with Gasteiger partial charge in [-0.25, -0.2) is 18.2 Å². The highest BCUT2D eigenvalue weighted by Crippen LogP contribution is 2.34. The van der Waals surface area contributed by atoms with E-state index in [1.807, 2.05) is 11.5 Å². The van der Waals surface area contributed by atoms with Gasteiger partial charge in [-0.1, -0.05) is 0 Å². The first-order valence-electron chi connectivity index (χ1n) is 10.6. The lowest BCUT2D eigenvalue weighted by molar-refractivity contribution is -0.131. The van der Waals surface area contributed by atoms with Gasteiger partial charge in [-0.05, 0) is 37.3 Å². The average molecular weight is 480 g/mol. The van der Waals surface area contributed by atoms with E-state index < -0.39 is 21.6 Å². The zero-order valence-corrected chi connectivity index (χ0v) is 19.4. The van der Waals surface area contributed by atoms with Gasteiger partial charge in [0.1, 0.15) is 11.4 Å². The highest BCUT2D eigenvalue weighted by Gasteiger charge is 2.53. The van der Waals surface area contributed by atoms with E-state index in [4.69, 9.17) is 4.74 Å². The topological polar surface area (TPSA) is 114 Å². The number of rotatable bonds is 5. The molecule has 0 aliphatic carbocycles. The Hall–Kier alpha value is -2.15. The molecule has 32 heavy (non-hydrogen) atoms. The summed E-state index contributed by atoms with van der Waals surface area (Å²) in [5.74, 6) is 1.77. The summed E-state index contributed by atoms with van der Waals surface area (Å²) < 4.78 is 34.6. The average Bonchev–Trinajstić information content (AvgIpc) is 3.47. The number of fused-ring (bicyclic) bond motifs is 1. The number of benzene rings is 1. The summed E-state index contributed by atoms with van der Waals surface area (Å²) in [4.78, 5) is 31.6. The van der Waals surface area contributed by atoms with Crippen LogP contribution in [0.3, 0.4) is 0 Å². The molecule has 1 aromatic heterocycles. The van der Waals surface area contributed by atoms with Crippen molar-refractivity contribution in [2.75, 3.05) is 37.8 Å². The molecule has 1 aromatic carbocycles. The molecular weight excluding hydrogens is 454 g/mol. The lowest BCUT2D eigenvalue weighted by atomic mass is 9.99. The summed E-state index contributed by atoms with van der Waals surface area (Å²) >= 11 is 1.66. The molecule has 0 bridgehead atoms. The summed E-state index contributed by atoms with van der Waals surface area (Å²) in [7, 11) is -3.65. The quantitative estimate of drug-likeness (QED) is 0.637. The third kappa shape index (κ3) is 3.40. The molecule has 4 heterocycles. The zero-order chi connectivity index (χ0) is 22.5. The Labute approximate surface area is 190 Å². The maximum absolute atomic E-state index is 13.0. The van der Waals surface area contributed by atoms with Crippen LogP contribution in [0.2, 0.25) is 0 Å². The van der Waals surface area contributed by atoms with Crippen LogP contribution in [-0.4, -0.2) is 82.5 Å². The van der Waals surface area contributed by atoms with Gasteiger partial charge in [-0.2, -0.15) is 16.1 Å². The van der Waals surface area contributed by atoms with Gasteiger partial charge >= 0.3 is 6.03 Å². The number of aromatic nitrogens is 2. The second-order valence-corrected chi connectivity index (χ2v) is 11.2. The normalized spacial score (nSPS) is 24.7. The maximum Gasteiger partial charge on any atom is 0.325 e. The molecular formula is C20H25N5O5S2. The predicted molar refractivity (Wildman–Crippen MR) is 119 cm³/mol. The molecule has 0 radical (unpaired) electrons. The molecule has 3 saturated heterocycles. The Morgan fingerprint density at radius 2 is 2.03 bits per heavy atom. The van der Waals surface area contributed by atoms with Gasteiger partial charge in [-0.15, -0.1) is 0 Å². The van der Waals surface area contributed by atoms with Crippen molar-refractivity contribution in [1.29, 1.82) is 0 Å². The zero-order valence-electron chi connectivity index (χ0n) is 17.7. The monoisotopic (exact) mass is 479 g/mol. The number of hydrogen-bond acceptors (Lipinski definition) is 7. The van der Waals surface area contributed by atoms with Crippen molar-refractivity contribution in [3.63, 3.8) is 0 Å². The number of carbonyl (C=O) groups excluding carboxylic acids is 2. The first-order chi connectivity index (χ1) is 15.4. The second kappa shape index (κ2) is 8.01. The number of nitrogens with zero attached hydrogens (tertiary/aromatic N) is 4. The van der Waals surface area contributed by atoms with Crippen LogP contribution in [0.5, 0.6) is 0 Å². The number of imidazole rings is 1. The van der Waals surface area contributed by atoms with Crippen molar-refractivity contribution in [3.05, 3.63) is 24.0 Å². The van der Waals surface area contributed by atoms with Crippen LogP contribution in [0.4, 0.5) is 4.79 Å². The van der Waals surface area contributed by atoms with E-state index in [1.165, 1.54) is 9.21 Å². The van der Waals surface area contributed by atoms with Crippen LogP contribution >= 0.6 is 11.8 Å². The molecule has 3 amide bonds. The van der Waals surface area contributed by atoms with E-state index >= 15 is 0 Å². The van der Waals surface area contributed by atoms with E-state index in [0.717, 1.165) is 11.3 Å². The number of thioether (sulfide) groups is 1. The number of urea groups is 1. The summed E-state index contributed by atoms with van der Waals surface area (Å²) in [5, 5.41) is 2.87. The fourth-order valence-electron chi connectivity index (χ4n) is 4.52. The SMILES string of the molecule is CCn1c(CN2C(=O)NC3(CCSC3)C2=O)nc2cc(S(=O)(=O)N3CCOCC3)ccc21. The Morgan fingerprint density at radius 3 is 2.72 bits per heavy atom. The lowest BCUT2D eigenvalue weighted by Crippen LogP contribution is -2.47. The number of morpholine rings is 1. The predicted octanol–water partition coefficient (Wildman–Crippen LogP) is 1.00. The van der Waals surface area contributed by atoms with E-state index in [2.05, 4.69) is 10.3 Å². The number of hydrogen-bond donors (Lipinski definition) is 1. The Bertz CT molecular complexity index is 1180. The Balaban J connectivity index is 1.47. The minimum absolute atomic E-state index is 0.0468. The van der Waals surface area contributed by atoms with Crippen molar-refractivity contribution < 1.29 is 22.7 Å². The van der Waals surface area contributed by atoms with Crippen molar-refractivity contribution in [2.24, 2.45) is 0 Å². The van der Waals surface area contributed by atoms with Crippen molar-refractivity contribution in [3.8, 4) is 0 Å². The summed E-state index contributed by atoms with van der Waals surface area (Å²) in [5.41, 5.74) is 0.487. The molecule has 0 saturated carbocycles. The highest BCUT2D eigenvalue weighted by molar-refractivity contribution is 7.99. The Morgan fingerprint density at radius 1 is 1.25 bits per heavy atom. The smallest absolute Gasteiger partial charge is 0.325 e. The number of ether oxygens (including phenoxy) is 1. The third-order valence-corrected chi connectivity index (χ3v) is 9.37. The van der Waals surface area contributed by atoms with Crippen LogP contribution in [0.25, 0.3) is 11.0 Å². The van der Waals surface area contributed by atoms with E-state index in [0.29, 0.717) is 56.4 Å². The van der Waals surface area contributed by atoms with Gasteiger partial charge in [0.2, 0.25) is 10.0 Å². The molecule has 1 atom stereocenters. The molecule has 2 aromatic rings. The lowest BCUT2D eigenvalue weighted by Gasteiger charge is -2.26. The van der Waals surface area contributed by atoms with Crippen LogP contribution < -0.4 is 5.32 Å². The molecule has 1 N–H and O–H groups in total. The number of amides is 3. The summed E-state index contributed by atoms with van der Waals surface area (Å²) in [6.45, 7) is 3.97. The van der Waals surface area contributed by atoms with Crippen LogP contribution in [0.1, 0.15) is 19.2 Å². The van der Waals surface area contributed by atoms with E-state index in [1.54, 1.807) is 30.0 Å². The minimum atomic E-state index is -3.65. The molecule has 3 fully saturated rings. The Kier molecular flexibility index (Phi) is 5.43. The van der Waals surface area contributed by atoms with Gasteiger partial charge in [0.05, 0.1) is 35.7 Å².